The highest BCUT2D eigenvalue weighted by molar-refractivity contribution is 7.89. The summed E-state index contributed by atoms with van der Waals surface area (Å²) in [4.78, 5) is 0.0619. The van der Waals surface area contributed by atoms with E-state index < -0.39 is 29.3 Å². The second-order valence-corrected chi connectivity index (χ2v) is 5.84. The van der Waals surface area contributed by atoms with Crippen LogP contribution in [0.2, 0.25) is 0 Å². The Morgan fingerprint density at radius 3 is 2.33 bits per heavy atom. The predicted molar refractivity (Wildman–Crippen MR) is 68.6 cm³/mol. The van der Waals surface area contributed by atoms with Crippen LogP contribution >= 0.6 is 0 Å². The first-order valence-corrected chi connectivity index (χ1v) is 6.91. The van der Waals surface area contributed by atoms with Crippen molar-refractivity contribution in [1.29, 1.82) is 0 Å². The molecule has 0 amide bonds. The number of hydrogen-bond acceptors (Lipinski definition) is 5. The smallest absolute Gasteiger partial charge is 0.241 e. The Morgan fingerprint density at radius 1 is 1.28 bits per heavy atom. The van der Waals surface area contributed by atoms with Gasteiger partial charge in [0.25, 0.3) is 0 Å². The molecule has 0 radical (unpaired) electrons. The Kier molecular flexibility index (Phi) is 4.69. The summed E-state index contributed by atoms with van der Waals surface area (Å²) in [7, 11) is -3.81. The zero-order chi connectivity index (χ0) is 13.9. The summed E-state index contributed by atoms with van der Waals surface area (Å²) in [6.45, 7) is 2.40. The molecule has 0 aromatic heterocycles. The number of aliphatic hydroxyl groups is 2. The van der Waals surface area contributed by atoms with Gasteiger partial charge in [-0.2, -0.15) is 0 Å². The molecule has 0 aliphatic carbocycles. The number of anilines is 1. The third-order valence-corrected chi connectivity index (χ3v) is 4.24. The van der Waals surface area contributed by atoms with E-state index in [2.05, 4.69) is 4.72 Å². The summed E-state index contributed by atoms with van der Waals surface area (Å²) < 4.78 is 26.4. The average molecular weight is 274 g/mol. The number of benzene rings is 1. The van der Waals surface area contributed by atoms with Crippen molar-refractivity contribution in [2.24, 2.45) is 0 Å². The molecule has 7 heteroatoms. The SMILES string of the molecule is Cc1cc(N)c(C)c(S(=O)(=O)NC(CO)CO)c1. The molecular weight excluding hydrogens is 256 g/mol. The maximum absolute atomic E-state index is 12.1. The second kappa shape index (κ2) is 5.66. The molecule has 0 unspecified atom stereocenters. The van der Waals surface area contributed by atoms with Crippen LogP contribution in [0, 0.1) is 13.8 Å². The summed E-state index contributed by atoms with van der Waals surface area (Å²) in [5.41, 5.74) is 7.28. The van der Waals surface area contributed by atoms with Gasteiger partial charge in [-0.25, -0.2) is 13.1 Å². The molecule has 0 aliphatic rings. The molecule has 102 valence electrons. The van der Waals surface area contributed by atoms with Gasteiger partial charge in [0.1, 0.15) is 0 Å². The molecule has 1 aromatic rings. The molecule has 18 heavy (non-hydrogen) atoms. The quantitative estimate of drug-likeness (QED) is 0.542. The molecule has 0 fully saturated rings. The number of sulfonamides is 1. The summed E-state index contributed by atoms with van der Waals surface area (Å²) in [5.74, 6) is 0. The van der Waals surface area contributed by atoms with E-state index in [4.69, 9.17) is 15.9 Å². The second-order valence-electron chi connectivity index (χ2n) is 4.16. The van der Waals surface area contributed by atoms with Gasteiger partial charge in [-0.3, -0.25) is 0 Å². The number of nitrogens with one attached hydrogen (secondary N) is 1. The minimum Gasteiger partial charge on any atom is -0.398 e. The van der Waals surface area contributed by atoms with Gasteiger partial charge in [0.2, 0.25) is 10.0 Å². The normalized spacial score (nSPS) is 12.1. The molecule has 0 heterocycles. The summed E-state index contributed by atoms with van der Waals surface area (Å²) in [6.07, 6.45) is 0. The molecule has 0 saturated heterocycles. The van der Waals surface area contributed by atoms with Gasteiger partial charge in [-0.05, 0) is 37.1 Å². The van der Waals surface area contributed by atoms with E-state index in [-0.39, 0.29) is 4.90 Å². The zero-order valence-corrected chi connectivity index (χ0v) is 11.2. The number of hydrogen-bond donors (Lipinski definition) is 4. The Bertz CT molecular complexity index is 524. The minimum absolute atomic E-state index is 0.0619. The number of nitrogens with two attached hydrogens (primary N) is 1. The van der Waals surface area contributed by atoms with Gasteiger partial charge >= 0.3 is 0 Å². The first-order chi connectivity index (χ1) is 8.31. The first-order valence-electron chi connectivity index (χ1n) is 5.42. The number of nitrogen functional groups attached to an aromatic ring is 1. The van der Waals surface area contributed by atoms with Crippen LogP contribution in [0.5, 0.6) is 0 Å². The lowest BCUT2D eigenvalue weighted by Gasteiger charge is -2.16. The Balaban J connectivity index is 3.20. The van der Waals surface area contributed by atoms with Crippen LogP contribution in [0.3, 0.4) is 0 Å². The van der Waals surface area contributed by atoms with Gasteiger partial charge in [-0.15, -0.1) is 0 Å². The van der Waals surface area contributed by atoms with Crippen molar-refractivity contribution >= 4 is 15.7 Å². The Morgan fingerprint density at radius 2 is 1.83 bits per heavy atom. The van der Waals surface area contributed by atoms with Crippen LogP contribution < -0.4 is 10.5 Å². The fourth-order valence-electron chi connectivity index (χ4n) is 1.55. The number of rotatable bonds is 5. The van der Waals surface area contributed by atoms with Crippen molar-refractivity contribution in [3.8, 4) is 0 Å². The van der Waals surface area contributed by atoms with Crippen LogP contribution in [-0.2, 0) is 10.0 Å². The molecule has 0 saturated carbocycles. The van der Waals surface area contributed by atoms with E-state index in [1.165, 1.54) is 6.07 Å². The topological polar surface area (TPSA) is 113 Å². The zero-order valence-electron chi connectivity index (χ0n) is 10.3. The maximum atomic E-state index is 12.1. The lowest BCUT2D eigenvalue weighted by molar-refractivity contribution is 0.185. The third kappa shape index (κ3) is 3.20. The van der Waals surface area contributed by atoms with Crippen molar-refractivity contribution in [3.05, 3.63) is 23.3 Å². The highest BCUT2D eigenvalue weighted by Gasteiger charge is 2.22. The molecule has 0 bridgehead atoms. The van der Waals surface area contributed by atoms with Gasteiger partial charge in [-0.1, -0.05) is 0 Å². The van der Waals surface area contributed by atoms with Gasteiger partial charge < -0.3 is 15.9 Å². The van der Waals surface area contributed by atoms with Crippen molar-refractivity contribution < 1.29 is 18.6 Å². The molecule has 0 aliphatic heterocycles. The Hall–Kier alpha value is -1.15. The fraction of sp³-hybridized carbons (Fsp3) is 0.455. The molecule has 6 nitrogen and oxygen atoms in total. The minimum atomic E-state index is -3.81. The van der Waals surface area contributed by atoms with Crippen molar-refractivity contribution in [2.45, 2.75) is 24.8 Å². The van der Waals surface area contributed by atoms with E-state index >= 15 is 0 Å². The fourth-order valence-corrected chi connectivity index (χ4v) is 3.12. The number of aliphatic hydroxyl groups excluding tert-OH is 2. The first kappa shape index (κ1) is 14.9. The van der Waals surface area contributed by atoms with E-state index in [1.807, 2.05) is 0 Å². The molecule has 1 aromatic carbocycles. The van der Waals surface area contributed by atoms with E-state index in [0.29, 0.717) is 11.3 Å². The Labute approximate surface area is 106 Å². The van der Waals surface area contributed by atoms with Crippen LogP contribution in [0.15, 0.2) is 17.0 Å². The van der Waals surface area contributed by atoms with Crippen LogP contribution in [0.4, 0.5) is 5.69 Å². The van der Waals surface area contributed by atoms with Crippen molar-refractivity contribution in [2.75, 3.05) is 18.9 Å². The van der Waals surface area contributed by atoms with Crippen LogP contribution in [0.25, 0.3) is 0 Å². The van der Waals surface area contributed by atoms with Crippen LogP contribution in [-0.4, -0.2) is 37.9 Å². The van der Waals surface area contributed by atoms with E-state index in [1.54, 1.807) is 19.9 Å². The molecule has 5 N–H and O–H groups in total. The maximum Gasteiger partial charge on any atom is 0.241 e. The van der Waals surface area contributed by atoms with Gasteiger partial charge in [0, 0.05) is 5.69 Å². The van der Waals surface area contributed by atoms with E-state index in [9.17, 15) is 8.42 Å². The van der Waals surface area contributed by atoms with E-state index in [0.717, 1.165) is 5.56 Å². The van der Waals surface area contributed by atoms with Gasteiger partial charge in [0.15, 0.2) is 0 Å². The molecular formula is C11H18N2O4S. The standard InChI is InChI=1S/C11H18N2O4S/c1-7-3-10(12)8(2)11(4-7)18(16,17)13-9(5-14)6-15/h3-4,9,13-15H,5-6,12H2,1-2H3. The predicted octanol–water partition coefficient (Wildman–Crippen LogP) is -0.483. The highest BCUT2D eigenvalue weighted by atomic mass is 32.2. The third-order valence-electron chi connectivity index (χ3n) is 2.60. The molecule has 0 spiro atoms. The summed E-state index contributed by atoms with van der Waals surface area (Å²) in [6, 6.07) is 2.26. The number of aryl methyl sites for hydroxylation is 1. The average Bonchev–Trinajstić information content (AvgIpc) is 2.30. The summed E-state index contributed by atoms with van der Waals surface area (Å²) in [5, 5.41) is 17.8. The molecule has 1 rings (SSSR count). The van der Waals surface area contributed by atoms with Gasteiger partial charge in [0.05, 0.1) is 24.2 Å². The largest absolute Gasteiger partial charge is 0.398 e. The monoisotopic (exact) mass is 274 g/mol. The van der Waals surface area contributed by atoms with Crippen LogP contribution in [0.1, 0.15) is 11.1 Å². The van der Waals surface area contributed by atoms with Crippen molar-refractivity contribution in [3.63, 3.8) is 0 Å². The molecule has 0 atom stereocenters. The highest BCUT2D eigenvalue weighted by Crippen LogP contribution is 2.23. The van der Waals surface area contributed by atoms with Crippen molar-refractivity contribution in [1.82, 2.24) is 4.72 Å². The lowest BCUT2D eigenvalue weighted by Crippen LogP contribution is -2.40. The summed E-state index contributed by atoms with van der Waals surface area (Å²) >= 11 is 0. The lowest BCUT2D eigenvalue weighted by atomic mass is 10.1.